The molecule has 1 amide bonds. The molecule has 0 atom stereocenters. The summed E-state index contributed by atoms with van der Waals surface area (Å²) in [6, 6.07) is 1.45. The van der Waals surface area contributed by atoms with E-state index in [1.165, 1.54) is 6.07 Å². The summed E-state index contributed by atoms with van der Waals surface area (Å²) in [5, 5.41) is 2.80. The van der Waals surface area contributed by atoms with Crippen molar-refractivity contribution in [2.24, 2.45) is 0 Å². The molecule has 0 aliphatic heterocycles. The van der Waals surface area contributed by atoms with E-state index in [1.807, 2.05) is 0 Å². The van der Waals surface area contributed by atoms with Crippen LogP contribution in [0.5, 0.6) is 0 Å². The molecule has 1 aromatic heterocycles. The van der Waals surface area contributed by atoms with Crippen LogP contribution in [-0.4, -0.2) is 42.0 Å². The van der Waals surface area contributed by atoms with Crippen molar-refractivity contribution in [2.45, 2.75) is 27.7 Å². The number of pyridine rings is 1. The molecule has 0 aliphatic carbocycles. The lowest BCUT2D eigenvalue weighted by molar-refractivity contribution is 0.0947. The van der Waals surface area contributed by atoms with E-state index in [2.05, 4.69) is 29.0 Å². The van der Waals surface area contributed by atoms with Crippen molar-refractivity contribution in [1.82, 2.24) is 15.2 Å². The standard InChI is InChI=1S/C14H23N3O2/c1-5-17(6-2)8-7-15-14(19)13-11(4)16-10(3)9-12(13)18/h9H,5-8H2,1-4H3,(H,15,19)(H,16,18). The van der Waals surface area contributed by atoms with E-state index in [0.29, 0.717) is 12.2 Å². The largest absolute Gasteiger partial charge is 0.362 e. The minimum absolute atomic E-state index is 0.213. The minimum Gasteiger partial charge on any atom is -0.362 e. The molecule has 106 valence electrons. The summed E-state index contributed by atoms with van der Waals surface area (Å²) >= 11 is 0. The number of aromatic amines is 1. The molecule has 0 saturated carbocycles. The molecule has 0 aliphatic rings. The number of carbonyl (C=O) groups excluding carboxylic acids is 1. The average molecular weight is 265 g/mol. The van der Waals surface area contributed by atoms with Gasteiger partial charge in [-0.25, -0.2) is 0 Å². The fourth-order valence-corrected chi connectivity index (χ4v) is 2.09. The lowest BCUT2D eigenvalue weighted by atomic mass is 10.1. The molecule has 0 bridgehead atoms. The Morgan fingerprint density at radius 2 is 1.95 bits per heavy atom. The second kappa shape index (κ2) is 7.09. The van der Waals surface area contributed by atoms with Crippen LogP contribution in [-0.2, 0) is 0 Å². The highest BCUT2D eigenvalue weighted by atomic mass is 16.2. The van der Waals surface area contributed by atoms with Gasteiger partial charge in [-0.2, -0.15) is 0 Å². The first-order chi connectivity index (χ1) is 8.99. The van der Waals surface area contributed by atoms with E-state index in [0.717, 1.165) is 25.3 Å². The summed E-state index contributed by atoms with van der Waals surface area (Å²) in [5.74, 6) is -0.300. The Balaban J connectivity index is 2.67. The van der Waals surface area contributed by atoms with E-state index in [4.69, 9.17) is 0 Å². The predicted molar refractivity (Wildman–Crippen MR) is 76.7 cm³/mol. The topological polar surface area (TPSA) is 65.2 Å². The fourth-order valence-electron chi connectivity index (χ4n) is 2.09. The van der Waals surface area contributed by atoms with E-state index < -0.39 is 0 Å². The number of nitrogens with zero attached hydrogens (tertiary/aromatic N) is 1. The van der Waals surface area contributed by atoms with Gasteiger partial charge in [-0.3, -0.25) is 9.59 Å². The third-order valence-electron chi connectivity index (χ3n) is 3.19. The highest BCUT2D eigenvalue weighted by Crippen LogP contribution is 2.00. The quantitative estimate of drug-likeness (QED) is 0.808. The van der Waals surface area contributed by atoms with E-state index >= 15 is 0 Å². The maximum Gasteiger partial charge on any atom is 0.257 e. The number of H-pyrrole nitrogens is 1. The Bertz CT molecular complexity index is 490. The number of amides is 1. The van der Waals surface area contributed by atoms with Crippen molar-refractivity contribution < 1.29 is 4.79 Å². The van der Waals surface area contributed by atoms with Crippen LogP contribution in [0.1, 0.15) is 35.6 Å². The molecule has 0 radical (unpaired) electrons. The maximum absolute atomic E-state index is 12.0. The minimum atomic E-state index is -0.300. The molecule has 5 nitrogen and oxygen atoms in total. The van der Waals surface area contributed by atoms with Crippen LogP contribution in [0, 0.1) is 13.8 Å². The molecule has 0 unspecified atom stereocenters. The van der Waals surface area contributed by atoms with E-state index in [9.17, 15) is 9.59 Å². The zero-order valence-corrected chi connectivity index (χ0v) is 12.2. The number of rotatable bonds is 6. The van der Waals surface area contributed by atoms with Gasteiger partial charge >= 0.3 is 0 Å². The van der Waals surface area contributed by atoms with Gasteiger partial charge in [0.15, 0.2) is 5.43 Å². The van der Waals surface area contributed by atoms with Crippen molar-refractivity contribution >= 4 is 5.91 Å². The van der Waals surface area contributed by atoms with Crippen LogP contribution < -0.4 is 10.7 Å². The van der Waals surface area contributed by atoms with Crippen molar-refractivity contribution in [3.63, 3.8) is 0 Å². The lowest BCUT2D eigenvalue weighted by Gasteiger charge is -2.18. The normalized spacial score (nSPS) is 10.8. The van der Waals surface area contributed by atoms with Crippen molar-refractivity contribution in [1.29, 1.82) is 0 Å². The van der Waals surface area contributed by atoms with Crippen LogP contribution in [0.3, 0.4) is 0 Å². The van der Waals surface area contributed by atoms with Gasteiger partial charge in [-0.05, 0) is 26.9 Å². The highest BCUT2D eigenvalue weighted by Gasteiger charge is 2.13. The second-order valence-corrected chi connectivity index (χ2v) is 4.60. The molecule has 0 fully saturated rings. The zero-order valence-electron chi connectivity index (χ0n) is 12.2. The lowest BCUT2D eigenvalue weighted by Crippen LogP contribution is -2.37. The molecule has 1 aromatic rings. The first kappa shape index (κ1) is 15.4. The third-order valence-corrected chi connectivity index (χ3v) is 3.19. The molecule has 1 rings (SSSR count). The summed E-state index contributed by atoms with van der Waals surface area (Å²) in [4.78, 5) is 29.1. The van der Waals surface area contributed by atoms with Crippen molar-refractivity contribution in [3.05, 3.63) is 33.2 Å². The molecule has 0 saturated heterocycles. The van der Waals surface area contributed by atoms with Crippen LogP contribution in [0.15, 0.2) is 10.9 Å². The number of likely N-dealkylation sites (N-methyl/N-ethyl adjacent to an activating group) is 1. The van der Waals surface area contributed by atoms with Gasteiger partial charge in [0.1, 0.15) is 5.56 Å². The molecule has 1 heterocycles. The summed E-state index contributed by atoms with van der Waals surface area (Å²) < 4.78 is 0. The fraction of sp³-hybridized carbons (Fsp3) is 0.571. The number of aromatic nitrogens is 1. The van der Waals surface area contributed by atoms with Crippen molar-refractivity contribution in [2.75, 3.05) is 26.2 Å². The Kier molecular flexibility index (Phi) is 5.76. The molecule has 5 heteroatoms. The van der Waals surface area contributed by atoms with Gasteiger partial charge in [0.2, 0.25) is 0 Å². The smallest absolute Gasteiger partial charge is 0.257 e. The van der Waals surface area contributed by atoms with Gasteiger partial charge in [-0.15, -0.1) is 0 Å². The predicted octanol–water partition coefficient (Wildman–Crippen LogP) is 1.06. The van der Waals surface area contributed by atoms with E-state index in [1.54, 1.807) is 13.8 Å². The third kappa shape index (κ3) is 4.21. The Morgan fingerprint density at radius 1 is 1.32 bits per heavy atom. The molecule has 0 spiro atoms. The number of hydrogen-bond donors (Lipinski definition) is 2. The Morgan fingerprint density at radius 3 is 2.47 bits per heavy atom. The van der Waals surface area contributed by atoms with Crippen LogP contribution >= 0.6 is 0 Å². The van der Waals surface area contributed by atoms with Crippen LogP contribution in [0.2, 0.25) is 0 Å². The van der Waals surface area contributed by atoms with Gasteiger partial charge in [-0.1, -0.05) is 13.8 Å². The number of nitrogens with one attached hydrogen (secondary N) is 2. The summed E-state index contributed by atoms with van der Waals surface area (Å²) in [7, 11) is 0. The first-order valence-corrected chi connectivity index (χ1v) is 6.70. The van der Waals surface area contributed by atoms with Crippen LogP contribution in [0.25, 0.3) is 0 Å². The summed E-state index contributed by atoms with van der Waals surface area (Å²) in [5.41, 5.74) is 1.37. The highest BCUT2D eigenvalue weighted by molar-refractivity contribution is 5.95. The second-order valence-electron chi connectivity index (χ2n) is 4.60. The number of aryl methyl sites for hydroxylation is 2. The first-order valence-electron chi connectivity index (χ1n) is 6.70. The number of carbonyl (C=O) groups is 1. The van der Waals surface area contributed by atoms with E-state index in [-0.39, 0.29) is 16.9 Å². The molecule has 19 heavy (non-hydrogen) atoms. The maximum atomic E-state index is 12.0. The molecular weight excluding hydrogens is 242 g/mol. The SMILES string of the molecule is CCN(CC)CCNC(=O)c1c(C)[nH]c(C)cc1=O. The molecular formula is C14H23N3O2. The molecule has 0 aromatic carbocycles. The average Bonchev–Trinajstić information content (AvgIpc) is 2.33. The zero-order chi connectivity index (χ0) is 14.4. The van der Waals surface area contributed by atoms with Gasteiger partial charge in [0, 0.05) is 30.5 Å². The van der Waals surface area contributed by atoms with Crippen LogP contribution in [0.4, 0.5) is 0 Å². The van der Waals surface area contributed by atoms with Gasteiger partial charge in [0.25, 0.3) is 5.91 Å². The Hall–Kier alpha value is -1.62. The monoisotopic (exact) mass is 265 g/mol. The van der Waals surface area contributed by atoms with Gasteiger partial charge in [0.05, 0.1) is 0 Å². The van der Waals surface area contributed by atoms with Gasteiger partial charge < -0.3 is 15.2 Å². The number of hydrogen-bond acceptors (Lipinski definition) is 3. The Labute approximate surface area is 114 Å². The summed E-state index contributed by atoms with van der Waals surface area (Å²) in [6.45, 7) is 11.0. The van der Waals surface area contributed by atoms with Crippen molar-refractivity contribution in [3.8, 4) is 0 Å². The molecule has 2 N–H and O–H groups in total. The summed E-state index contributed by atoms with van der Waals surface area (Å²) in [6.07, 6.45) is 0.